The van der Waals surface area contributed by atoms with Crippen LogP contribution in [0.5, 0.6) is 0 Å². The molecule has 0 bridgehead atoms. The summed E-state index contributed by atoms with van der Waals surface area (Å²) in [4.78, 5) is 8.92. The normalized spacial score (nSPS) is 11.2. The lowest BCUT2D eigenvalue weighted by Gasteiger charge is -2.01. The molecule has 23 heavy (non-hydrogen) atoms. The molecular formula is C16H15N7. The second-order valence-corrected chi connectivity index (χ2v) is 5.47. The van der Waals surface area contributed by atoms with Crippen LogP contribution in [0.2, 0.25) is 0 Å². The summed E-state index contributed by atoms with van der Waals surface area (Å²) in [6, 6.07) is 12.1. The lowest BCUT2D eigenvalue weighted by atomic mass is 10.1. The van der Waals surface area contributed by atoms with Gasteiger partial charge in [-0.25, -0.2) is 9.97 Å². The molecule has 7 heteroatoms. The molecule has 0 unspecified atom stereocenters. The van der Waals surface area contributed by atoms with Gasteiger partial charge in [-0.15, -0.1) is 15.3 Å². The van der Waals surface area contributed by atoms with E-state index >= 15 is 0 Å². The maximum Gasteiger partial charge on any atom is 0.255 e. The van der Waals surface area contributed by atoms with E-state index in [9.17, 15) is 0 Å². The van der Waals surface area contributed by atoms with Crippen molar-refractivity contribution in [2.45, 2.75) is 20.3 Å². The SMILES string of the molecule is Cc1cc(C)n2c(-c3n[nH]c(Cc4ccccc4)n3)nnc2n1. The van der Waals surface area contributed by atoms with E-state index in [1.807, 2.05) is 42.5 Å². The highest BCUT2D eigenvalue weighted by Gasteiger charge is 2.16. The molecule has 7 nitrogen and oxygen atoms in total. The lowest BCUT2D eigenvalue weighted by molar-refractivity contribution is 0.970. The Balaban J connectivity index is 1.72. The average Bonchev–Trinajstić information content (AvgIpc) is 3.15. The fourth-order valence-corrected chi connectivity index (χ4v) is 2.64. The fraction of sp³-hybridized carbons (Fsp3) is 0.188. The van der Waals surface area contributed by atoms with Gasteiger partial charge >= 0.3 is 0 Å². The smallest absolute Gasteiger partial charge is 0.255 e. The third kappa shape index (κ3) is 2.46. The quantitative estimate of drug-likeness (QED) is 0.626. The summed E-state index contributed by atoms with van der Waals surface area (Å²) in [5.74, 6) is 2.48. The minimum absolute atomic E-state index is 0.525. The molecule has 114 valence electrons. The van der Waals surface area contributed by atoms with Crippen molar-refractivity contribution in [3.05, 3.63) is 59.2 Å². The van der Waals surface area contributed by atoms with Gasteiger partial charge in [0.2, 0.25) is 11.6 Å². The lowest BCUT2D eigenvalue weighted by Crippen LogP contribution is -1.99. The van der Waals surface area contributed by atoms with Gasteiger partial charge in [0.1, 0.15) is 5.82 Å². The molecule has 0 radical (unpaired) electrons. The van der Waals surface area contributed by atoms with Crippen LogP contribution in [0.25, 0.3) is 17.4 Å². The minimum atomic E-state index is 0.525. The van der Waals surface area contributed by atoms with Crippen LogP contribution in [-0.2, 0) is 6.42 Å². The van der Waals surface area contributed by atoms with Gasteiger partial charge in [-0.05, 0) is 25.5 Å². The number of H-pyrrole nitrogens is 1. The van der Waals surface area contributed by atoms with Gasteiger partial charge in [0.15, 0.2) is 0 Å². The monoisotopic (exact) mass is 305 g/mol. The van der Waals surface area contributed by atoms with Crippen LogP contribution >= 0.6 is 0 Å². The minimum Gasteiger partial charge on any atom is -0.262 e. The van der Waals surface area contributed by atoms with E-state index in [-0.39, 0.29) is 0 Å². The third-order valence-corrected chi connectivity index (χ3v) is 3.64. The largest absolute Gasteiger partial charge is 0.262 e. The molecule has 4 aromatic rings. The summed E-state index contributed by atoms with van der Waals surface area (Å²) in [6.07, 6.45) is 0.695. The summed E-state index contributed by atoms with van der Waals surface area (Å²) < 4.78 is 1.86. The van der Waals surface area contributed by atoms with Crippen molar-refractivity contribution in [3.8, 4) is 11.6 Å². The standard InChI is InChI=1S/C16H15N7/c1-10-8-11(2)23-15(21-22-16(23)17-10)14-18-13(19-20-14)9-12-6-4-3-5-7-12/h3-8H,9H2,1-2H3,(H,18,19,20). The molecule has 4 rings (SSSR count). The maximum atomic E-state index is 4.54. The zero-order valence-electron chi connectivity index (χ0n) is 12.9. The van der Waals surface area contributed by atoms with E-state index in [1.54, 1.807) is 0 Å². The number of nitrogens with one attached hydrogen (secondary N) is 1. The molecule has 0 aliphatic carbocycles. The maximum absolute atomic E-state index is 4.54. The number of fused-ring (bicyclic) bond motifs is 1. The first-order chi connectivity index (χ1) is 11.2. The van der Waals surface area contributed by atoms with Gasteiger partial charge in [-0.2, -0.15) is 0 Å². The second kappa shape index (κ2) is 5.28. The molecule has 0 saturated heterocycles. The second-order valence-electron chi connectivity index (χ2n) is 5.47. The number of aryl methyl sites for hydroxylation is 2. The first kappa shape index (κ1) is 13.6. The number of aromatic nitrogens is 7. The average molecular weight is 305 g/mol. The Hall–Kier alpha value is -3.09. The van der Waals surface area contributed by atoms with Crippen LogP contribution in [0.3, 0.4) is 0 Å². The number of nitrogens with zero attached hydrogens (tertiary/aromatic N) is 6. The molecule has 0 amide bonds. The predicted molar refractivity (Wildman–Crippen MR) is 84.9 cm³/mol. The summed E-state index contributed by atoms with van der Waals surface area (Å²) in [5, 5.41) is 15.6. The van der Waals surface area contributed by atoms with Gasteiger partial charge in [0.25, 0.3) is 5.78 Å². The molecule has 0 fully saturated rings. The van der Waals surface area contributed by atoms with E-state index in [0.717, 1.165) is 17.2 Å². The third-order valence-electron chi connectivity index (χ3n) is 3.64. The predicted octanol–water partition coefficient (Wildman–Crippen LogP) is 2.12. The van der Waals surface area contributed by atoms with Crippen LogP contribution in [0, 0.1) is 13.8 Å². The van der Waals surface area contributed by atoms with Crippen LogP contribution in [-0.4, -0.2) is 34.8 Å². The number of aromatic amines is 1. The first-order valence-electron chi connectivity index (χ1n) is 7.35. The Labute approximate surface area is 132 Å². The Kier molecular flexibility index (Phi) is 3.11. The summed E-state index contributed by atoms with van der Waals surface area (Å²) in [6.45, 7) is 3.93. The highest BCUT2D eigenvalue weighted by atomic mass is 15.3. The van der Waals surface area contributed by atoms with Crippen molar-refractivity contribution in [3.63, 3.8) is 0 Å². The van der Waals surface area contributed by atoms with Crippen LogP contribution in [0.4, 0.5) is 0 Å². The first-order valence-corrected chi connectivity index (χ1v) is 7.35. The van der Waals surface area contributed by atoms with Gasteiger partial charge < -0.3 is 0 Å². The topological polar surface area (TPSA) is 84.7 Å². The van der Waals surface area contributed by atoms with Gasteiger partial charge in [0.05, 0.1) is 0 Å². The van der Waals surface area contributed by atoms with Crippen molar-refractivity contribution in [1.29, 1.82) is 0 Å². The van der Waals surface area contributed by atoms with Crippen molar-refractivity contribution in [2.75, 3.05) is 0 Å². The Morgan fingerprint density at radius 2 is 1.87 bits per heavy atom. The molecule has 0 saturated carbocycles. The molecule has 0 aliphatic heterocycles. The number of rotatable bonds is 3. The van der Waals surface area contributed by atoms with Crippen LogP contribution in [0.1, 0.15) is 22.8 Å². The Morgan fingerprint density at radius 1 is 1.04 bits per heavy atom. The van der Waals surface area contributed by atoms with E-state index < -0.39 is 0 Å². The molecule has 0 spiro atoms. The van der Waals surface area contributed by atoms with Crippen molar-refractivity contribution in [1.82, 2.24) is 34.8 Å². The molecule has 0 atom stereocenters. The van der Waals surface area contributed by atoms with E-state index in [2.05, 4.69) is 42.5 Å². The van der Waals surface area contributed by atoms with Crippen molar-refractivity contribution >= 4 is 5.78 Å². The van der Waals surface area contributed by atoms with E-state index in [1.165, 1.54) is 5.56 Å². The summed E-state index contributed by atoms with van der Waals surface area (Å²) in [7, 11) is 0. The molecule has 3 heterocycles. The van der Waals surface area contributed by atoms with E-state index in [4.69, 9.17) is 0 Å². The molecule has 1 N–H and O–H groups in total. The zero-order valence-corrected chi connectivity index (χ0v) is 12.9. The molecule has 3 aromatic heterocycles. The Morgan fingerprint density at radius 3 is 2.70 bits per heavy atom. The highest BCUT2D eigenvalue weighted by Crippen LogP contribution is 2.16. The van der Waals surface area contributed by atoms with Crippen LogP contribution < -0.4 is 0 Å². The highest BCUT2D eigenvalue weighted by molar-refractivity contribution is 5.50. The molecule has 0 aliphatic rings. The zero-order chi connectivity index (χ0) is 15.8. The fourth-order valence-electron chi connectivity index (χ4n) is 2.64. The number of hydrogen-bond donors (Lipinski definition) is 1. The van der Waals surface area contributed by atoms with Crippen molar-refractivity contribution in [2.24, 2.45) is 0 Å². The number of benzene rings is 1. The summed E-state index contributed by atoms with van der Waals surface area (Å²) in [5.41, 5.74) is 3.09. The van der Waals surface area contributed by atoms with E-state index in [0.29, 0.717) is 23.8 Å². The van der Waals surface area contributed by atoms with Crippen molar-refractivity contribution < 1.29 is 0 Å². The Bertz CT molecular complexity index is 969. The molecular weight excluding hydrogens is 290 g/mol. The molecule has 1 aromatic carbocycles. The van der Waals surface area contributed by atoms with Gasteiger partial charge in [-0.1, -0.05) is 30.3 Å². The van der Waals surface area contributed by atoms with Crippen LogP contribution in [0.15, 0.2) is 36.4 Å². The van der Waals surface area contributed by atoms with Gasteiger partial charge in [0, 0.05) is 17.8 Å². The summed E-state index contributed by atoms with van der Waals surface area (Å²) >= 11 is 0. The number of hydrogen-bond acceptors (Lipinski definition) is 5. The van der Waals surface area contributed by atoms with Gasteiger partial charge in [-0.3, -0.25) is 9.50 Å².